The molecule has 0 aromatic carbocycles. The van der Waals surface area contributed by atoms with Gasteiger partial charge in [-0.3, -0.25) is 0 Å². The molecule has 1 heterocycles. The second-order valence-electron chi connectivity index (χ2n) is 4.17. The summed E-state index contributed by atoms with van der Waals surface area (Å²) in [5.41, 5.74) is 1.03. The van der Waals surface area contributed by atoms with Crippen LogP contribution in [0.15, 0.2) is 18.3 Å². The van der Waals surface area contributed by atoms with Gasteiger partial charge in [-0.2, -0.15) is 0 Å². The number of rotatable bonds is 8. The lowest BCUT2D eigenvalue weighted by atomic mass is 10.2. The fraction of sp³-hybridized carbons (Fsp3) is 0.615. The molecule has 0 atom stereocenters. The highest BCUT2D eigenvalue weighted by Gasteiger charge is 2.08. The van der Waals surface area contributed by atoms with E-state index in [2.05, 4.69) is 10.3 Å². The fourth-order valence-electron chi connectivity index (χ4n) is 1.48. The Hall–Kier alpha value is -1.17. The van der Waals surface area contributed by atoms with E-state index in [4.69, 9.17) is 14.2 Å². The predicted molar refractivity (Wildman–Crippen MR) is 69.5 cm³/mol. The Labute approximate surface area is 108 Å². The molecule has 0 aliphatic heterocycles. The van der Waals surface area contributed by atoms with Gasteiger partial charge in [0.25, 0.3) is 0 Å². The van der Waals surface area contributed by atoms with Crippen molar-refractivity contribution >= 4 is 0 Å². The Balaban J connectivity index is 2.50. The maximum absolute atomic E-state index is 5.64. The Morgan fingerprint density at radius 2 is 2.00 bits per heavy atom. The van der Waals surface area contributed by atoms with Crippen molar-refractivity contribution in [2.75, 3.05) is 20.8 Å². The van der Waals surface area contributed by atoms with Crippen LogP contribution in [0.5, 0.6) is 5.88 Å². The number of hydrogen-bond acceptors (Lipinski definition) is 5. The van der Waals surface area contributed by atoms with Crippen LogP contribution in [-0.4, -0.2) is 38.1 Å². The molecule has 1 aromatic rings. The molecular weight excluding hydrogens is 232 g/mol. The smallest absolute Gasteiger partial charge is 0.218 e. The summed E-state index contributed by atoms with van der Waals surface area (Å²) < 4.78 is 15.8. The summed E-state index contributed by atoms with van der Waals surface area (Å²) in [6, 6.07) is 3.89. The number of aromatic nitrogens is 1. The molecule has 0 radical (unpaired) electrons. The number of ether oxygens (including phenoxy) is 3. The van der Waals surface area contributed by atoms with Gasteiger partial charge in [0.2, 0.25) is 5.88 Å². The molecule has 1 aromatic heterocycles. The van der Waals surface area contributed by atoms with E-state index in [1.54, 1.807) is 20.4 Å². The lowest BCUT2D eigenvalue weighted by Crippen LogP contribution is -2.29. The zero-order chi connectivity index (χ0) is 13.4. The SMILES string of the molecule is COC(CNCc1cccnc1OC(C)C)OC. The number of methoxy groups -OCH3 is 2. The largest absolute Gasteiger partial charge is 0.475 e. The molecule has 5 nitrogen and oxygen atoms in total. The normalized spacial score (nSPS) is 11.2. The first-order valence-electron chi connectivity index (χ1n) is 6.04. The molecule has 0 aliphatic carbocycles. The van der Waals surface area contributed by atoms with Crippen molar-refractivity contribution in [2.24, 2.45) is 0 Å². The monoisotopic (exact) mass is 254 g/mol. The molecule has 1 N–H and O–H groups in total. The van der Waals surface area contributed by atoms with E-state index in [9.17, 15) is 0 Å². The lowest BCUT2D eigenvalue weighted by Gasteiger charge is -2.16. The van der Waals surface area contributed by atoms with Crippen LogP contribution in [-0.2, 0) is 16.0 Å². The summed E-state index contributed by atoms with van der Waals surface area (Å²) in [5.74, 6) is 0.673. The zero-order valence-electron chi connectivity index (χ0n) is 11.5. The minimum absolute atomic E-state index is 0.115. The van der Waals surface area contributed by atoms with Crippen molar-refractivity contribution in [1.82, 2.24) is 10.3 Å². The molecule has 18 heavy (non-hydrogen) atoms. The fourth-order valence-corrected chi connectivity index (χ4v) is 1.48. The average Bonchev–Trinajstić information content (AvgIpc) is 2.36. The summed E-state index contributed by atoms with van der Waals surface area (Å²) in [7, 11) is 3.24. The van der Waals surface area contributed by atoms with Gasteiger partial charge in [-0.15, -0.1) is 0 Å². The quantitative estimate of drug-likeness (QED) is 0.714. The molecule has 0 aliphatic rings. The second-order valence-corrected chi connectivity index (χ2v) is 4.17. The zero-order valence-corrected chi connectivity index (χ0v) is 11.5. The molecule has 102 valence electrons. The van der Waals surface area contributed by atoms with E-state index in [-0.39, 0.29) is 12.4 Å². The van der Waals surface area contributed by atoms with Crippen LogP contribution in [0.3, 0.4) is 0 Å². The van der Waals surface area contributed by atoms with E-state index >= 15 is 0 Å². The maximum Gasteiger partial charge on any atom is 0.218 e. The average molecular weight is 254 g/mol. The lowest BCUT2D eigenvalue weighted by molar-refractivity contribution is -0.0989. The molecule has 0 spiro atoms. The maximum atomic E-state index is 5.64. The topological polar surface area (TPSA) is 52.6 Å². The number of nitrogens with zero attached hydrogens (tertiary/aromatic N) is 1. The van der Waals surface area contributed by atoms with Crippen LogP contribution >= 0.6 is 0 Å². The third kappa shape index (κ3) is 5.00. The van der Waals surface area contributed by atoms with E-state index in [1.807, 2.05) is 26.0 Å². The minimum Gasteiger partial charge on any atom is -0.475 e. The summed E-state index contributed by atoms with van der Waals surface area (Å²) >= 11 is 0. The Morgan fingerprint density at radius 1 is 1.28 bits per heavy atom. The summed E-state index contributed by atoms with van der Waals surface area (Å²) in [6.07, 6.45) is 1.61. The molecule has 0 saturated heterocycles. The molecule has 5 heteroatoms. The van der Waals surface area contributed by atoms with E-state index in [0.717, 1.165) is 5.56 Å². The van der Waals surface area contributed by atoms with Gasteiger partial charge >= 0.3 is 0 Å². The van der Waals surface area contributed by atoms with Crippen LogP contribution in [0.2, 0.25) is 0 Å². The first-order chi connectivity index (χ1) is 8.67. The van der Waals surface area contributed by atoms with Crippen LogP contribution in [0.1, 0.15) is 19.4 Å². The molecule has 0 saturated carbocycles. The van der Waals surface area contributed by atoms with Crippen LogP contribution in [0, 0.1) is 0 Å². The Bertz CT molecular complexity index is 341. The van der Waals surface area contributed by atoms with Crippen molar-refractivity contribution in [2.45, 2.75) is 32.8 Å². The van der Waals surface area contributed by atoms with E-state index in [1.165, 1.54) is 0 Å². The van der Waals surface area contributed by atoms with Gasteiger partial charge in [0.15, 0.2) is 6.29 Å². The van der Waals surface area contributed by atoms with Gasteiger partial charge in [0, 0.05) is 39.1 Å². The third-order valence-electron chi connectivity index (χ3n) is 2.35. The van der Waals surface area contributed by atoms with Crippen LogP contribution in [0.4, 0.5) is 0 Å². The van der Waals surface area contributed by atoms with Gasteiger partial charge in [-0.05, 0) is 19.9 Å². The second kappa shape index (κ2) is 8.02. The standard InChI is InChI=1S/C13H22N2O3/c1-10(2)18-13-11(6-5-7-15-13)8-14-9-12(16-3)17-4/h5-7,10,12,14H,8-9H2,1-4H3. The van der Waals surface area contributed by atoms with Gasteiger partial charge in [-0.1, -0.05) is 6.07 Å². The minimum atomic E-state index is -0.240. The molecule has 0 bridgehead atoms. The summed E-state index contributed by atoms with van der Waals surface area (Å²) in [6.45, 7) is 5.25. The van der Waals surface area contributed by atoms with Crippen molar-refractivity contribution in [3.8, 4) is 5.88 Å². The molecule has 0 unspecified atom stereocenters. The number of hydrogen-bond donors (Lipinski definition) is 1. The summed E-state index contributed by atoms with van der Waals surface area (Å²) in [5, 5.41) is 3.25. The first-order valence-corrected chi connectivity index (χ1v) is 6.04. The van der Waals surface area contributed by atoms with Gasteiger partial charge < -0.3 is 19.5 Å². The van der Waals surface area contributed by atoms with Crippen molar-refractivity contribution in [1.29, 1.82) is 0 Å². The van der Waals surface area contributed by atoms with Crippen molar-refractivity contribution < 1.29 is 14.2 Å². The Morgan fingerprint density at radius 3 is 2.61 bits per heavy atom. The van der Waals surface area contributed by atoms with Gasteiger partial charge in [-0.25, -0.2) is 4.98 Å². The van der Waals surface area contributed by atoms with Crippen LogP contribution < -0.4 is 10.1 Å². The highest BCUT2D eigenvalue weighted by molar-refractivity contribution is 5.25. The van der Waals surface area contributed by atoms with E-state index in [0.29, 0.717) is 19.0 Å². The Kier molecular flexibility index (Phi) is 6.64. The van der Waals surface area contributed by atoms with Gasteiger partial charge in [0.05, 0.1) is 6.10 Å². The van der Waals surface area contributed by atoms with Gasteiger partial charge in [0.1, 0.15) is 0 Å². The molecule has 1 rings (SSSR count). The highest BCUT2D eigenvalue weighted by Crippen LogP contribution is 2.15. The predicted octanol–water partition coefficient (Wildman–Crippen LogP) is 1.58. The third-order valence-corrected chi connectivity index (χ3v) is 2.35. The number of nitrogens with one attached hydrogen (secondary N) is 1. The highest BCUT2D eigenvalue weighted by atomic mass is 16.7. The first kappa shape index (κ1) is 14.9. The number of pyridine rings is 1. The van der Waals surface area contributed by atoms with Crippen molar-refractivity contribution in [3.63, 3.8) is 0 Å². The van der Waals surface area contributed by atoms with Crippen LogP contribution in [0.25, 0.3) is 0 Å². The summed E-state index contributed by atoms with van der Waals surface area (Å²) in [4.78, 5) is 4.23. The molecule has 0 amide bonds. The molecular formula is C13H22N2O3. The van der Waals surface area contributed by atoms with Crippen molar-refractivity contribution in [3.05, 3.63) is 23.9 Å². The molecule has 0 fully saturated rings. The van der Waals surface area contributed by atoms with E-state index < -0.39 is 0 Å².